The second kappa shape index (κ2) is 25.0. The number of hydrogen-bond donors (Lipinski definition) is 15. The van der Waals surface area contributed by atoms with Crippen LogP contribution in [0.5, 0.6) is 0 Å². The van der Waals surface area contributed by atoms with Gasteiger partial charge in [0.2, 0.25) is 41.4 Å². The third-order valence-corrected chi connectivity index (χ3v) is 7.79. The van der Waals surface area contributed by atoms with Crippen LogP contribution in [0.25, 0.3) is 0 Å². The van der Waals surface area contributed by atoms with Gasteiger partial charge < -0.3 is 71.4 Å². The van der Waals surface area contributed by atoms with Crippen molar-refractivity contribution in [3.05, 3.63) is 0 Å². The molecule has 0 unspecified atom stereocenters. The van der Waals surface area contributed by atoms with E-state index in [4.69, 9.17) is 39.5 Å². The molecule has 53 heavy (non-hydrogen) atoms. The predicted octanol–water partition coefficient (Wildman–Crippen LogP) is -6.81. The molecule has 0 rings (SSSR count). The molecule has 0 aliphatic rings. The van der Waals surface area contributed by atoms with Crippen molar-refractivity contribution in [3.8, 4) is 0 Å². The maximum absolute atomic E-state index is 13.4. The van der Waals surface area contributed by atoms with Crippen LogP contribution in [-0.2, 0) is 38.4 Å². The summed E-state index contributed by atoms with van der Waals surface area (Å²) in [6, 6.07) is -9.21. The van der Waals surface area contributed by atoms with Crippen LogP contribution in [0.1, 0.15) is 46.0 Å². The first-order chi connectivity index (χ1) is 24.7. The number of carbonyl (C=O) groups is 8. The molecule has 0 saturated heterocycles. The average Bonchev–Trinajstić information content (AvgIpc) is 3.07. The SMILES string of the molecule is C[C@H](NC(=O)[C@H](CC(N)=O)NC(=O)[C@H](C)NC(=O)[C@H](CCCN=C(N)N)NC(=O)[C@H](CCCN=C(N)N)NC(=O)[C@@H](N)CS)C(=O)N[C@H](CS)C(=O)O. The van der Waals surface area contributed by atoms with E-state index in [9.17, 15) is 38.4 Å². The second-order valence-electron chi connectivity index (χ2n) is 11.6. The van der Waals surface area contributed by atoms with Crippen LogP contribution in [0.4, 0.5) is 0 Å². The monoisotopic (exact) mass is 792 g/mol. The molecule has 19 N–H and O–H groups in total. The summed E-state index contributed by atoms with van der Waals surface area (Å²) in [6.07, 6.45) is -0.300. The summed E-state index contributed by atoms with van der Waals surface area (Å²) in [7, 11) is 0. The normalized spacial score (nSPS) is 14.6. The van der Waals surface area contributed by atoms with Gasteiger partial charge in [-0.15, -0.1) is 0 Å². The van der Waals surface area contributed by atoms with Gasteiger partial charge in [-0.05, 0) is 39.5 Å². The number of carboxylic acid groups (broad SMARTS) is 1. The predicted molar refractivity (Wildman–Crippen MR) is 200 cm³/mol. The number of rotatable bonds is 25. The van der Waals surface area contributed by atoms with E-state index in [1.165, 1.54) is 13.8 Å². The van der Waals surface area contributed by atoms with Crippen molar-refractivity contribution in [2.24, 2.45) is 44.4 Å². The lowest BCUT2D eigenvalue weighted by atomic mass is 10.1. The lowest BCUT2D eigenvalue weighted by Crippen LogP contribution is -2.59. The zero-order chi connectivity index (χ0) is 40.8. The molecular weight excluding hydrogens is 741 g/mol. The Morgan fingerprint density at radius 1 is 0.566 bits per heavy atom. The zero-order valence-corrected chi connectivity index (χ0v) is 31.2. The maximum Gasteiger partial charge on any atom is 0.327 e. The molecule has 0 aromatic rings. The molecule has 0 aliphatic carbocycles. The minimum atomic E-state index is -1.61. The molecule has 23 nitrogen and oxygen atoms in total. The topological polar surface area (TPSA) is 410 Å². The summed E-state index contributed by atoms with van der Waals surface area (Å²) in [4.78, 5) is 108. The second-order valence-corrected chi connectivity index (χ2v) is 12.3. The number of thiol groups is 2. The maximum atomic E-state index is 13.4. The number of nitrogens with one attached hydrogen (secondary N) is 6. The first-order valence-corrected chi connectivity index (χ1v) is 17.4. The van der Waals surface area contributed by atoms with Crippen molar-refractivity contribution >= 4 is 84.5 Å². The van der Waals surface area contributed by atoms with Crippen LogP contribution in [0, 0.1) is 0 Å². The molecular formula is C28H52N14O9S2. The van der Waals surface area contributed by atoms with Crippen molar-refractivity contribution < 1.29 is 43.5 Å². The van der Waals surface area contributed by atoms with Crippen molar-refractivity contribution in [1.29, 1.82) is 0 Å². The summed E-state index contributed by atoms with van der Waals surface area (Å²) in [5.74, 6) is -8.23. The van der Waals surface area contributed by atoms with E-state index in [1.54, 1.807) is 0 Å². The standard InChI is InChI=1S/C28H52N14O9S2/c1-12(20(44)41-17(9-19(30)43)25(49)38-13(2)21(45)42-18(11-53)26(50)51)37-23(47)15(5-3-7-35-27(31)32)40-24(48)16(6-4-8-36-28(33)34)39-22(46)14(29)10-52/h12-18,52-53H,3-11,29H2,1-2H3,(H2,30,43)(H,37,47)(H,38,49)(H,39,46)(H,40,48)(H,41,44)(H,42,45)(H,50,51)(H4,31,32,35)(H4,33,34,36)/t12-,13-,14-,15-,16-,17-,18+/m0/s1. The summed E-state index contributed by atoms with van der Waals surface area (Å²) < 4.78 is 0. The van der Waals surface area contributed by atoms with Gasteiger partial charge in [0.05, 0.1) is 12.5 Å². The third-order valence-electron chi connectivity index (χ3n) is 7.03. The van der Waals surface area contributed by atoms with E-state index in [-0.39, 0.29) is 62.2 Å². The number of carbonyl (C=O) groups excluding carboxylic acids is 7. The van der Waals surface area contributed by atoms with Crippen molar-refractivity contribution in [3.63, 3.8) is 0 Å². The Hall–Kier alpha value is -5.04. The first kappa shape index (κ1) is 48.0. The molecule has 0 heterocycles. The number of amides is 7. The van der Waals surface area contributed by atoms with Gasteiger partial charge in [-0.3, -0.25) is 43.5 Å². The van der Waals surface area contributed by atoms with E-state index in [2.05, 4.69) is 67.1 Å². The fraction of sp³-hybridized carbons (Fsp3) is 0.643. The molecule has 0 fully saturated rings. The molecule has 7 atom stereocenters. The number of aliphatic imine (C=N–C) groups is 2. The Morgan fingerprint density at radius 2 is 0.943 bits per heavy atom. The molecule has 25 heteroatoms. The highest BCUT2D eigenvalue weighted by Crippen LogP contribution is 2.05. The van der Waals surface area contributed by atoms with Gasteiger partial charge in [0.25, 0.3) is 0 Å². The van der Waals surface area contributed by atoms with Gasteiger partial charge in [0.1, 0.15) is 36.3 Å². The number of carboxylic acids is 1. The van der Waals surface area contributed by atoms with Gasteiger partial charge >= 0.3 is 5.97 Å². The van der Waals surface area contributed by atoms with Gasteiger partial charge in [0.15, 0.2) is 11.9 Å². The lowest BCUT2D eigenvalue weighted by molar-refractivity contribution is -0.141. The molecule has 300 valence electrons. The molecule has 0 saturated carbocycles. The largest absolute Gasteiger partial charge is 0.480 e. The molecule has 0 aromatic heterocycles. The van der Waals surface area contributed by atoms with Crippen LogP contribution >= 0.6 is 25.3 Å². The molecule has 0 aliphatic heterocycles. The Kier molecular flexibility index (Phi) is 22.6. The van der Waals surface area contributed by atoms with Gasteiger partial charge in [-0.25, -0.2) is 4.79 Å². The minimum Gasteiger partial charge on any atom is -0.480 e. The third kappa shape index (κ3) is 20.0. The number of guanidine groups is 2. The smallest absolute Gasteiger partial charge is 0.327 e. The summed E-state index contributed by atoms with van der Waals surface area (Å²) in [5, 5.41) is 23.3. The quantitative estimate of drug-likeness (QED) is 0.0177. The summed E-state index contributed by atoms with van der Waals surface area (Å²) >= 11 is 7.84. The van der Waals surface area contributed by atoms with Crippen LogP contribution in [0.15, 0.2) is 9.98 Å². The fourth-order valence-electron chi connectivity index (χ4n) is 4.13. The van der Waals surface area contributed by atoms with Crippen molar-refractivity contribution in [2.45, 2.75) is 88.2 Å². The number of nitrogens with two attached hydrogens (primary N) is 6. The van der Waals surface area contributed by atoms with E-state index in [0.29, 0.717) is 0 Å². The Bertz CT molecular complexity index is 1360. The highest BCUT2D eigenvalue weighted by Gasteiger charge is 2.32. The van der Waals surface area contributed by atoms with Crippen LogP contribution in [0.3, 0.4) is 0 Å². The summed E-state index contributed by atoms with van der Waals surface area (Å²) in [6.45, 7) is 2.67. The van der Waals surface area contributed by atoms with Crippen molar-refractivity contribution in [1.82, 2.24) is 31.9 Å². The highest BCUT2D eigenvalue weighted by molar-refractivity contribution is 7.80. The van der Waals surface area contributed by atoms with Gasteiger partial charge in [-0.1, -0.05) is 0 Å². The van der Waals surface area contributed by atoms with Gasteiger partial charge in [0, 0.05) is 24.6 Å². The van der Waals surface area contributed by atoms with E-state index in [1.807, 2.05) is 0 Å². The number of aliphatic carboxylic acids is 1. The number of primary amides is 1. The first-order valence-electron chi connectivity index (χ1n) is 16.1. The number of hydrogen-bond acceptors (Lipinski definition) is 13. The van der Waals surface area contributed by atoms with E-state index < -0.39 is 96.0 Å². The van der Waals surface area contributed by atoms with Crippen molar-refractivity contribution in [2.75, 3.05) is 24.6 Å². The number of nitrogens with zero attached hydrogens (tertiary/aromatic N) is 2. The minimum absolute atomic E-state index is 0.0239. The van der Waals surface area contributed by atoms with Crippen LogP contribution < -0.4 is 66.3 Å². The molecule has 0 bridgehead atoms. The van der Waals surface area contributed by atoms with Gasteiger partial charge in [-0.2, -0.15) is 25.3 Å². The molecule has 7 amide bonds. The zero-order valence-electron chi connectivity index (χ0n) is 29.4. The molecule has 0 aromatic carbocycles. The molecule has 0 spiro atoms. The Labute approximate surface area is 316 Å². The Balaban J connectivity index is 5.96. The van der Waals surface area contributed by atoms with Crippen LogP contribution in [-0.4, -0.2) is 131 Å². The van der Waals surface area contributed by atoms with E-state index >= 15 is 0 Å². The fourth-order valence-corrected chi connectivity index (χ4v) is 4.54. The van der Waals surface area contributed by atoms with Crippen LogP contribution in [0.2, 0.25) is 0 Å². The summed E-state index contributed by atoms with van der Waals surface area (Å²) in [5.41, 5.74) is 32.4. The Morgan fingerprint density at radius 3 is 1.32 bits per heavy atom. The average molecular weight is 793 g/mol. The van der Waals surface area contributed by atoms with E-state index in [0.717, 1.165) is 0 Å². The lowest BCUT2D eigenvalue weighted by Gasteiger charge is -2.26. The molecule has 0 radical (unpaired) electrons. The highest BCUT2D eigenvalue weighted by atomic mass is 32.1.